The van der Waals surface area contributed by atoms with Gasteiger partial charge in [0.2, 0.25) is 0 Å². The molecule has 0 N–H and O–H groups in total. The van der Waals surface area contributed by atoms with Crippen LogP contribution in [-0.4, -0.2) is 55.7 Å². The molecule has 1 aliphatic carbocycles. The summed E-state index contributed by atoms with van der Waals surface area (Å²) in [6.07, 6.45) is 4.73. The highest BCUT2D eigenvalue weighted by atomic mass is 16.6. The summed E-state index contributed by atoms with van der Waals surface area (Å²) in [7, 11) is 3.45. The Labute approximate surface area is 97.5 Å². The summed E-state index contributed by atoms with van der Waals surface area (Å²) in [5, 5.41) is 0. The Balaban J connectivity index is 1.66. The first-order valence-corrected chi connectivity index (χ1v) is 6.25. The molecular weight excluding hydrogens is 204 g/mol. The van der Waals surface area contributed by atoms with E-state index in [1.807, 2.05) is 0 Å². The normalized spacial score (nSPS) is 23.1. The third-order valence-electron chi connectivity index (χ3n) is 3.38. The summed E-state index contributed by atoms with van der Waals surface area (Å²) in [6.45, 7) is 3.43. The van der Waals surface area contributed by atoms with E-state index >= 15 is 0 Å². The lowest BCUT2D eigenvalue weighted by molar-refractivity contribution is 0.0351. The van der Waals surface area contributed by atoms with Crippen LogP contribution in [-0.2, 0) is 4.74 Å². The number of ether oxygens (including phenoxy) is 1. The number of likely N-dealkylation sites (tertiary alicyclic amines) is 1. The second kappa shape index (κ2) is 5.04. The highest BCUT2D eigenvalue weighted by Gasteiger charge is 2.28. The van der Waals surface area contributed by atoms with Gasteiger partial charge in [-0.2, -0.15) is 0 Å². The van der Waals surface area contributed by atoms with Crippen molar-refractivity contribution in [3.63, 3.8) is 0 Å². The predicted octanol–water partition coefficient (Wildman–Crippen LogP) is 1.56. The summed E-state index contributed by atoms with van der Waals surface area (Å²) >= 11 is 0. The molecule has 1 saturated carbocycles. The number of amides is 1. The number of hydrogen-bond donors (Lipinski definition) is 0. The maximum absolute atomic E-state index is 11.4. The van der Waals surface area contributed by atoms with Crippen LogP contribution in [0, 0.1) is 5.92 Å². The molecule has 16 heavy (non-hydrogen) atoms. The Kier molecular flexibility index (Phi) is 3.69. The van der Waals surface area contributed by atoms with E-state index in [1.165, 1.54) is 24.3 Å². The van der Waals surface area contributed by atoms with E-state index in [-0.39, 0.29) is 12.2 Å². The fourth-order valence-corrected chi connectivity index (χ4v) is 2.12. The molecule has 0 aromatic rings. The van der Waals surface area contributed by atoms with Crippen molar-refractivity contribution in [1.82, 2.24) is 9.80 Å². The molecule has 2 aliphatic rings. The number of carbonyl (C=O) groups excluding carboxylic acids is 1. The van der Waals surface area contributed by atoms with Gasteiger partial charge in [-0.3, -0.25) is 0 Å². The van der Waals surface area contributed by atoms with Crippen LogP contribution < -0.4 is 0 Å². The van der Waals surface area contributed by atoms with Gasteiger partial charge in [-0.25, -0.2) is 4.79 Å². The van der Waals surface area contributed by atoms with Crippen molar-refractivity contribution in [1.29, 1.82) is 0 Å². The maximum Gasteiger partial charge on any atom is 0.409 e. The molecule has 0 atom stereocenters. The first-order valence-electron chi connectivity index (χ1n) is 6.25. The van der Waals surface area contributed by atoms with E-state index in [0.29, 0.717) is 0 Å². The molecule has 0 spiro atoms. The van der Waals surface area contributed by atoms with Crippen molar-refractivity contribution in [3.05, 3.63) is 0 Å². The Morgan fingerprint density at radius 2 is 1.88 bits per heavy atom. The third kappa shape index (κ3) is 3.37. The smallest absolute Gasteiger partial charge is 0.409 e. The second-order valence-corrected chi connectivity index (χ2v) is 5.22. The number of nitrogens with zero attached hydrogens (tertiary/aromatic N) is 2. The molecule has 0 radical (unpaired) electrons. The summed E-state index contributed by atoms with van der Waals surface area (Å²) < 4.78 is 5.38. The van der Waals surface area contributed by atoms with E-state index in [0.717, 1.165) is 31.8 Å². The fourth-order valence-electron chi connectivity index (χ4n) is 2.12. The van der Waals surface area contributed by atoms with Crippen molar-refractivity contribution in [2.75, 3.05) is 33.7 Å². The molecule has 0 aromatic heterocycles. The molecule has 2 rings (SSSR count). The SMILES string of the molecule is CN(C)C(=O)OC1CCN(CC2CC2)CC1. The molecule has 0 bridgehead atoms. The minimum absolute atomic E-state index is 0.130. The first-order chi connectivity index (χ1) is 7.65. The standard InChI is InChI=1S/C12H22N2O2/c1-13(2)12(15)16-11-5-7-14(8-6-11)9-10-3-4-10/h10-11H,3-9H2,1-2H3. The van der Waals surface area contributed by atoms with Gasteiger partial charge in [-0.15, -0.1) is 0 Å². The van der Waals surface area contributed by atoms with Crippen molar-refractivity contribution in [2.45, 2.75) is 31.8 Å². The van der Waals surface area contributed by atoms with Gasteiger partial charge in [-0.05, 0) is 31.6 Å². The lowest BCUT2D eigenvalue weighted by atomic mass is 10.1. The molecule has 0 unspecified atom stereocenters. The van der Waals surface area contributed by atoms with Crippen molar-refractivity contribution in [2.24, 2.45) is 5.92 Å². The molecule has 4 heteroatoms. The highest BCUT2D eigenvalue weighted by Crippen LogP contribution is 2.30. The van der Waals surface area contributed by atoms with Gasteiger partial charge in [0.25, 0.3) is 0 Å². The van der Waals surface area contributed by atoms with E-state index in [2.05, 4.69) is 4.90 Å². The third-order valence-corrected chi connectivity index (χ3v) is 3.38. The topological polar surface area (TPSA) is 32.8 Å². The zero-order valence-electron chi connectivity index (χ0n) is 10.3. The minimum Gasteiger partial charge on any atom is -0.446 e. The second-order valence-electron chi connectivity index (χ2n) is 5.22. The molecule has 2 fully saturated rings. The largest absolute Gasteiger partial charge is 0.446 e. The zero-order chi connectivity index (χ0) is 11.5. The Morgan fingerprint density at radius 3 is 2.38 bits per heavy atom. The Bertz CT molecular complexity index is 243. The highest BCUT2D eigenvalue weighted by molar-refractivity contribution is 5.66. The van der Waals surface area contributed by atoms with Crippen molar-refractivity contribution >= 4 is 6.09 Å². The van der Waals surface area contributed by atoms with Crippen LogP contribution in [0.5, 0.6) is 0 Å². The predicted molar refractivity (Wildman–Crippen MR) is 62.4 cm³/mol. The Morgan fingerprint density at radius 1 is 1.25 bits per heavy atom. The summed E-state index contributed by atoms with van der Waals surface area (Å²) in [5.41, 5.74) is 0. The average molecular weight is 226 g/mol. The van der Waals surface area contributed by atoms with Crippen LogP contribution in [0.3, 0.4) is 0 Å². The van der Waals surface area contributed by atoms with Gasteiger partial charge in [0.1, 0.15) is 6.10 Å². The summed E-state index contributed by atoms with van der Waals surface area (Å²) in [4.78, 5) is 15.4. The molecule has 1 amide bonds. The number of piperidine rings is 1. The molecule has 4 nitrogen and oxygen atoms in total. The van der Waals surface area contributed by atoms with Gasteiger partial charge in [-0.1, -0.05) is 0 Å². The van der Waals surface area contributed by atoms with E-state index in [9.17, 15) is 4.79 Å². The van der Waals surface area contributed by atoms with E-state index in [4.69, 9.17) is 4.74 Å². The van der Waals surface area contributed by atoms with Gasteiger partial charge in [0.05, 0.1) is 0 Å². The number of rotatable bonds is 3. The van der Waals surface area contributed by atoms with Crippen LogP contribution in [0.2, 0.25) is 0 Å². The molecular formula is C12H22N2O2. The Hall–Kier alpha value is -0.770. The average Bonchev–Trinajstić information content (AvgIpc) is 3.04. The summed E-state index contributed by atoms with van der Waals surface area (Å²) in [5.74, 6) is 0.959. The van der Waals surface area contributed by atoms with Crippen LogP contribution in [0.25, 0.3) is 0 Å². The van der Waals surface area contributed by atoms with Crippen LogP contribution >= 0.6 is 0 Å². The first kappa shape index (κ1) is 11.7. The monoisotopic (exact) mass is 226 g/mol. The molecule has 1 aliphatic heterocycles. The van der Waals surface area contributed by atoms with Crippen molar-refractivity contribution < 1.29 is 9.53 Å². The summed E-state index contributed by atoms with van der Waals surface area (Å²) in [6, 6.07) is 0. The molecule has 1 heterocycles. The lowest BCUT2D eigenvalue weighted by Gasteiger charge is -2.32. The van der Waals surface area contributed by atoms with Crippen molar-refractivity contribution in [3.8, 4) is 0 Å². The molecule has 92 valence electrons. The van der Waals surface area contributed by atoms with Crippen LogP contribution in [0.15, 0.2) is 0 Å². The lowest BCUT2D eigenvalue weighted by Crippen LogP contribution is -2.40. The number of hydrogen-bond acceptors (Lipinski definition) is 3. The van der Waals surface area contributed by atoms with Crippen LogP contribution in [0.1, 0.15) is 25.7 Å². The molecule has 0 aromatic carbocycles. The quantitative estimate of drug-likeness (QED) is 0.732. The van der Waals surface area contributed by atoms with Gasteiger partial charge < -0.3 is 14.5 Å². The minimum atomic E-state index is -0.208. The van der Waals surface area contributed by atoms with E-state index < -0.39 is 0 Å². The maximum atomic E-state index is 11.4. The van der Waals surface area contributed by atoms with Gasteiger partial charge in [0.15, 0.2) is 0 Å². The number of carbonyl (C=O) groups is 1. The zero-order valence-corrected chi connectivity index (χ0v) is 10.3. The van der Waals surface area contributed by atoms with Crippen LogP contribution in [0.4, 0.5) is 4.79 Å². The van der Waals surface area contributed by atoms with E-state index in [1.54, 1.807) is 14.1 Å². The fraction of sp³-hybridized carbons (Fsp3) is 0.917. The van der Waals surface area contributed by atoms with Gasteiger partial charge in [0, 0.05) is 33.7 Å². The molecule has 1 saturated heterocycles. The van der Waals surface area contributed by atoms with Gasteiger partial charge >= 0.3 is 6.09 Å².